The van der Waals surface area contributed by atoms with E-state index in [1.807, 2.05) is 0 Å². The zero-order chi connectivity index (χ0) is 24.0. The van der Waals surface area contributed by atoms with Crippen LogP contribution in [-0.2, 0) is 32.3 Å². The molecule has 1 unspecified atom stereocenters. The van der Waals surface area contributed by atoms with Crippen molar-refractivity contribution in [2.45, 2.75) is 44.6 Å². The van der Waals surface area contributed by atoms with E-state index in [9.17, 15) is 32.3 Å². The zero-order valence-corrected chi connectivity index (χ0v) is 17.8. The Morgan fingerprint density at radius 2 is 1.94 bits per heavy atom. The Balaban J connectivity index is 1.58. The smallest absolute Gasteiger partial charge is 0.321 e. The zero-order valence-electron chi connectivity index (χ0n) is 17.8. The first kappa shape index (κ1) is 23.1. The molecule has 1 atom stereocenters. The van der Waals surface area contributed by atoms with Gasteiger partial charge in [0.05, 0.1) is 5.69 Å². The third-order valence-electron chi connectivity index (χ3n) is 6.22. The van der Waals surface area contributed by atoms with Gasteiger partial charge in [-0.3, -0.25) is 24.3 Å². The average molecular weight is 469 g/mol. The maximum Gasteiger partial charge on any atom is 0.493 e. The van der Waals surface area contributed by atoms with Gasteiger partial charge in [0, 0.05) is 63.0 Å². The van der Waals surface area contributed by atoms with Crippen molar-refractivity contribution in [1.82, 2.24) is 25.2 Å². The van der Waals surface area contributed by atoms with Crippen molar-refractivity contribution in [1.29, 1.82) is 0 Å². The number of alkyl halides is 3. The Morgan fingerprint density at radius 3 is 2.61 bits per heavy atom. The first-order valence-corrected chi connectivity index (χ1v) is 10.4. The molecule has 4 heterocycles. The third-order valence-corrected chi connectivity index (χ3v) is 6.22. The van der Waals surface area contributed by atoms with Gasteiger partial charge in [-0.2, -0.15) is 13.2 Å². The number of imide groups is 1. The van der Waals surface area contributed by atoms with E-state index in [0.29, 0.717) is 23.4 Å². The molecule has 2 fully saturated rings. The molecule has 0 aromatic carbocycles. The minimum absolute atomic E-state index is 0.000910. The van der Waals surface area contributed by atoms with Crippen LogP contribution in [0.5, 0.6) is 0 Å². The molecule has 2 saturated heterocycles. The molecule has 4 rings (SSSR count). The largest absolute Gasteiger partial charge is 0.493 e. The maximum atomic E-state index is 13.2. The number of halogens is 3. The number of hydrogen-bond acceptors (Lipinski definition) is 8. The molecule has 10 nitrogen and oxygen atoms in total. The van der Waals surface area contributed by atoms with Crippen molar-refractivity contribution in [3.8, 4) is 0 Å². The molecule has 1 aromatic rings. The molecular weight excluding hydrogens is 447 g/mol. The van der Waals surface area contributed by atoms with Crippen LogP contribution >= 0.6 is 0 Å². The van der Waals surface area contributed by atoms with Gasteiger partial charge < -0.3 is 15.1 Å². The molecule has 178 valence electrons. The summed E-state index contributed by atoms with van der Waals surface area (Å²) in [6, 6.07) is 1.53. The van der Waals surface area contributed by atoms with E-state index >= 15 is 0 Å². The van der Waals surface area contributed by atoms with Crippen LogP contribution in [0.15, 0.2) is 12.3 Å². The normalized spacial score (nSPS) is 24.3. The summed E-state index contributed by atoms with van der Waals surface area (Å²) in [7, 11) is 0. The van der Waals surface area contributed by atoms with Crippen LogP contribution in [0.4, 0.5) is 13.2 Å². The summed E-state index contributed by atoms with van der Waals surface area (Å²) in [5, 5.41) is 3.08. The summed E-state index contributed by atoms with van der Waals surface area (Å²) < 4.78 is 37.9. The quantitative estimate of drug-likeness (QED) is 0.630. The molecule has 0 bridgehead atoms. The Morgan fingerprint density at radius 1 is 1.24 bits per heavy atom. The lowest BCUT2D eigenvalue weighted by Crippen LogP contribution is -2.63. The number of aromatic nitrogens is 1. The Labute approximate surface area is 186 Å². The molecular formula is C20H22F3N5O5. The molecule has 1 N–H and O–H groups in total. The SMILES string of the molecule is CC1(N2Cc3c(ccnc3CN3CCNCC3)C2=O)CCC(=O)N(OC(=O)C(F)(F)F)C1=O. The first-order chi connectivity index (χ1) is 15.5. The second-order valence-electron chi connectivity index (χ2n) is 8.34. The van der Waals surface area contributed by atoms with Crippen molar-refractivity contribution in [2.24, 2.45) is 0 Å². The van der Waals surface area contributed by atoms with Gasteiger partial charge in [-0.1, -0.05) is 5.06 Å². The van der Waals surface area contributed by atoms with Gasteiger partial charge in [-0.25, -0.2) is 4.79 Å². The molecule has 33 heavy (non-hydrogen) atoms. The monoisotopic (exact) mass is 469 g/mol. The van der Waals surface area contributed by atoms with Crippen molar-refractivity contribution in [2.75, 3.05) is 26.2 Å². The average Bonchev–Trinajstić information content (AvgIpc) is 3.12. The summed E-state index contributed by atoms with van der Waals surface area (Å²) in [6.07, 6.45) is -4.38. The number of piperazine rings is 1. The number of carbonyl (C=O) groups excluding carboxylic acids is 4. The van der Waals surface area contributed by atoms with Crippen LogP contribution in [0, 0.1) is 0 Å². The molecule has 0 saturated carbocycles. The topological polar surface area (TPSA) is 112 Å². The number of hydrogen-bond donors (Lipinski definition) is 1. The highest BCUT2D eigenvalue weighted by molar-refractivity contribution is 6.07. The first-order valence-electron chi connectivity index (χ1n) is 10.4. The summed E-state index contributed by atoms with van der Waals surface area (Å²) in [5.41, 5.74) is -0.0263. The lowest BCUT2D eigenvalue weighted by atomic mass is 9.88. The van der Waals surface area contributed by atoms with Gasteiger partial charge in [-0.15, -0.1) is 0 Å². The number of pyridine rings is 1. The van der Waals surface area contributed by atoms with E-state index < -0.39 is 35.4 Å². The van der Waals surface area contributed by atoms with Gasteiger partial charge in [0.15, 0.2) is 0 Å². The van der Waals surface area contributed by atoms with Crippen LogP contribution in [-0.4, -0.2) is 81.4 Å². The summed E-state index contributed by atoms with van der Waals surface area (Å²) in [6.45, 7) is 5.12. The van der Waals surface area contributed by atoms with Gasteiger partial charge in [0.25, 0.3) is 17.7 Å². The predicted octanol–water partition coefficient (Wildman–Crippen LogP) is 0.371. The van der Waals surface area contributed by atoms with E-state index in [2.05, 4.69) is 20.0 Å². The Kier molecular flexibility index (Phi) is 5.86. The molecule has 13 heteroatoms. The van der Waals surface area contributed by atoms with E-state index in [0.717, 1.165) is 26.2 Å². The lowest BCUT2D eigenvalue weighted by molar-refractivity contribution is -0.240. The van der Waals surface area contributed by atoms with E-state index in [4.69, 9.17) is 0 Å². The maximum absolute atomic E-state index is 13.2. The standard InChI is InChI=1S/C20H22F3N5O5/c1-19(4-2-15(29)28(17(19)31)33-18(32)20(21,22)23)27-10-13-12(16(27)30)3-5-25-14(13)11-26-8-6-24-7-9-26/h3,5,24H,2,4,6-11H2,1H3. The molecule has 3 aliphatic heterocycles. The molecule has 3 aliphatic rings. The van der Waals surface area contributed by atoms with Gasteiger partial charge >= 0.3 is 12.1 Å². The highest BCUT2D eigenvalue weighted by atomic mass is 19.4. The highest BCUT2D eigenvalue weighted by Gasteiger charge is 2.55. The van der Waals surface area contributed by atoms with Crippen molar-refractivity contribution in [3.05, 3.63) is 29.1 Å². The fraction of sp³-hybridized carbons (Fsp3) is 0.550. The minimum Gasteiger partial charge on any atom is -0.321 e. The second-order valence-corrected chi connectivity index (χ2v) is 8.34. The number of hydroxylamine groups is 2. The van der Waals surface area contributed by atoms with E-state index in [1.54, 1.807) is 0 Å². The van der Waals surface area contributed by atoms with Gasteiger partial charge in [0.1, 0.15) is 5.54 Å². The van der Waals surface area contributed by atoms with Crippen LogP contribution in [0.1, 0.15) is 41.4 Å². The number of nitrogens with one attached hydrogen (secondary N) is 1. The number of rotatable bonds is 4. The van der Waals surface area contributed by atoms with Crippen LogP contribution < -0.4 is 5.32 Å². The van der Waals surface area contributed by atoms with E-state index in [-0.39, 0.29) is 24.4 Å². The molecule has 0 spiro atoms. The van der Waals surface area contributed by atoms with Crippen LogP contribution in [0.25, 0.3) is 0 Å². The van der Waals surface area contributed by atoms with Crippen LogP contribution in [0.2, 0.25) is 0 Å². The number of carbonyl (C=O) groups is 4. The number of piperidine rings is 1. The number of fused-ring (bicyclic) bond motifs is 1. The molecule has 0 aliphatic carbocycles. The summed E-state index contributed by atoms with van der Waals surface area (Å²) >= 11 is 0. The number of amides is 3. The van der Waals surface area contributed by atoms with Crippen molar-refractivity contribution < 1.29 is 37.2 Å². The van der Waals surface area contributed by atoms with Gasteiger partial charge in [0.2, 0.25) is 0 Å². The molecule has 3 amide bonds. The fourth-order valence-electron chi connectivity index (χ4n) is 4.27. The minimum atomic E-state index is -5.39. The summed E-state index contributed by atoms with van der Waals surface area (Å²) in [4.78, 5) is 61.4. The summed E-state index contributed by atoms with van der Waals surface area (Å²) in [5.74, 6) is -5.47. The Bertz CT molecular complexity index is 1010. The fourth-order valence-corrected chi connectivity index (χ4v) is 4.27. The second kappa shape index (κ2) is 8.37. The van der Waals surface area contributed by atoms with E-state index in [1.165, 1.54) is 24.1 Å². The van der Waals surface area contributed by atoms with Crippen molar-refractivity contribution >= 4 is 23.7 Å². The predicted molar refractivity (Wildman–Crippen MR) is 104 cm³/mol. The highest BCUT2D eigenvalue weighted by Crippen LogP contribution is 2.37. The number of nitrogens with zero attached hydrogens (tertiary/aromatic N) is 4. The van der Waals surface area contributed by atoms with Gasteiger partial charge in [-0.05, 0) is 19.4 Å². The Hall–Kier alpha value is -3.06. The molecule has 1 aromatic heterocycles. The molecule has 0 radical (unpaired) electrons. The van der Waals surface area contributed by atoms with Crippen molar-refractivity contribution in [3.63, 3.8) is 0 Å². The lowest BCUT2D eigenvalue weighted by Gasteiger charge is -2.42. The third kappa shape index (κ3) is 4.17. The van der Waals surface area contributed by atoms with Crippen LogP contribution in [0.3, 0.4) is 0 Å².